The van der Waals surface area contributed by atoms with E-state index < -0.39 is 0 Å². The molecule has 3 heteroatoms. The van der Waals surface area contributed by atoms with Gasteiger partial charge in [0.2, 0.25) is 0 Å². The molecule has 0 spiro atoms. The summed E-state index contributed by atoms with van der Waals surface area (Å²) in [6.45, 7) is 1.94. The van der Waals surface area contributed by atoms with Gasteiger partial charge in [-0.15, -0.1) is 0 Å². The molecule has 0 N–H and O–H groups in total. The fourth-order valence-electron chi connectivity index (χ4n) is 1.45. The summed E-state index contributed by atoms with van der Waals surface area (Å²) < 4.78 is 19.2. The van der Waals surface area contributed by atoms with Gasteiger partial charge in [0.25, 0.3) is 0 Å². The smallest absolute Gasteiger partial charge is 0.166 e. The van der Waals surface area contributed by atoms with Crippen LogP contribution >= 0.6 is 15.9 Å². The van der Waals surface area contributed by atoms with E-state index in [1.165, 1.54) is 6.07 Å². The zero-order chi connectivity index (χ0) is 8.72. The van der Waals surface area contributed by atoms with Crippen LogP contribution in [0.25, 0.3) is 0 Å². The van der Waals surface area contributed by atoms with E-state index in [9.17, 15) is 4.39 Å². The van der Waals surface area contributed by atoms with Crippen molar-refractivity contribution in [1.29, 1.82) is 0 Å². The van der Waals surface area contributed by atoms with Crippen LogP contribution in [0.3, 0.4) is 0 Å². The number of halogens is 2. The van der Waals surface area contributed by atoms with Crippen molar-refractivity contribution in [2.75, 3.05) is 0 Å². The van der Waals surface area contributed by atoms with Crippen LogP contribution < -0.4 is 4.74 Å². The fourth-order valence-corrected chi connectivity index (χ4v) is 1.93. The van der Waals surface area contributed by atoms with Gasteiger partial charge in [-0.05, 0) is 19.1 Å². The Kier molecular flexibility index (Phi) is 1.83. The van der Waals surface area contributed by atoms with Crippen molar-refractivity contribution >= 4 is 15.9 Å². The third-order valence-electron chi connectivity index (χ3n) is 1.91. The average molecular weight is 231 g/mol. The van der Waals surface area contributed by atoms with Crippen LogP contribution in [0, 0.1) is 5.82 Å². The quantitative estimate of drug-likeness (QED) is 0.667. The number of hydrogen-bond acceptors (Lipinski definition) is 1. The second-order valence-electron chi connectivity index (χ2n) is 3.01. The Morgan fingerprint density at radius 1 is 1.58 bits per heavy atom. The molecule has 2 rings (SSSR count). The van der Waals surface area contributed by atoms with Gasteiger partial charge in [0, 0.05) is 16.5 Å². The summed E-state index contributed by atoms with van der Waals surface area (Å²) in [4.78, 5) is 0. The predicted octanol–water partition coefficient (Wildman–Crippen LogP) is 2.91. The third kappa shape index (κ3) is 1.22. The molecule has 0 aromatic heterocycles. The number of benzene rings is 1. The molecule has 1 aromatic carbocycles. The maximum Gasteiger partial charge on any atom is 0.166 e. The van der Waals surface area contributed by atoms with E-state index in [2.05, 4.69) is 15.9 Å². The summed E-state index contributed by atoms with van der Waals surface area (Å²) in [6.07, 6.45) is 0.898. The molecule has 1 heterocycles. The van der Waals surface area contributed by atoms with E-state index in [1.807, 2.05) is 13.0 Å². The van der Waals surface area contributed by atoms with Crippen molar-refractivity contribution in [2.45, 2.75) is 19.4 Å². The summed E-state index contributed by atoms with van der Waals surface area (Å²) in [5.74, 6) is 0.148. The van der Waals surface area contributed by atoms with Crippen molar-refractivity contribution in [3.05, 3.63) is 28.0 Å². The molecule has 1 aliphatic rings. The van der Waals surface area contributed by atoms with Crippen LogP contribution in [0.2, 0.25) is 0 Å². The zero-order valence-electron chi connectivity index (χ0n) is 6.60. The van der Waals surface area contributed by atoms with Gasteiger partial charge in [0.1, 0.15) is 6.10 Å². The van der Waals surface area contributed by atoms with Crippen LogP contribution in [0.4, 0.5) is 4.39 Å². The van der Waals surface area contributed by atoms with Gasteiger partial charge in [-0.1, -0.05) is 15.9 Å². The first-order chi connectivity index (χ1) is 5.66. The minimum absolute atomic E-state index is 0.101. The summed E-state index contributed by atoms with van der Waals surface area (Å²) in [6, 6.07) is 3.33. The molecule has 1 aromatic rings. The lowest BCUT2D eigenvalue weighted by atomic mass is 10.1. The Morgan fingerprint density at radius 2 is 2.33 bits per heavy atom. The topological polar surface area (TPSA) is 9.23 Å². The summed E-state index contributed by atoms with van der Waals surface area (Å²) >= 11 is 3.24. The fraction of sp³-hybridized carbons (Fsp3) is 0.333. The summed E-state index contributed by atoms with van der Waals surface area (Å²) in [5, 5.41) is 0. The number of rotatable bonds is 0. The van der Waals surface area contributed by atoms with Gasteiger partial charge in [0.05, 0.1) is 0 Å². The number of fused-ring (bicyclic) bond motifs is 1. The predicted molar refractivity (Wildman–Crippen MR) is 47.9 cm³/mol. The van der Waals surface area contributed by atoms with Crippen molar-refractivity contribution in [1.82, 2.24) is 0 Å². The normalized spacial score (nSPS) is 20.4. The van der Waals surface area contributed by atoms with Crippen LogP contribution in [0.5, 0.6) is 5.75 Å². The maximum atomic E-state index is 13.2. The van der Waals surface area contributed by atoms with E-state index in [-0.39, 0.29) is 11.9 Å². The molecule has 1 unspecified atom stereocenters. The first-order valence-corrected chi connectivity index (χ1v) is 4.60. The molecular weight excluding hydrogens is 223 g/mol. The van der Waals surface area contributed by atoms with Gasteiger partial charge in [0.15, 0.2) is 11.6 Å². The molecule has 0 fully saturated rings. The summed E-state index contributed by atoms with van der Waals surface area (Å²) in [5.41, 5.74) is 0.953. The van der Waals surface area contributed by atoms with E-state index in [0.29, 0.717) is 5.75 Å². The van der Waals surface area contributed by atoms with Crippen LogP contribution in [-0.4, -0.2) is 6.10 Å². The highest BCUT2D eigenvalue weighted by molar-refractivity contribution is 9.10. The SMILES string of the molecule is CC1Cc2cc(Br)cc(F)c2O1. The lowest BCUT2D eigenvalue weighted by molar-refractivity contribution is 0.245. The van der Waals surface area contributed by atoms with Crippen LogP contribution in [-0.2, 0) is 6.42 Å². The van der Waals surface area contributed by atoms with Crippen molar-refractivity contribution < 1.29 is 9.13 Å². The Morgan fingerprint density at radius 3 is 3.08 bits per heavy atom. The molecule has 1 atom stereocenters. The van der Waals surface area contributed by atoms with E-state index in [4.69, 9.17) is 4.74 Å². The van der Waals surface area contributed by atoms with Gasteiger partial charge in [-0.2, -0.15) is 0 Å². The second kappa shape index (κ2) is 2.73. The van der Waals surface area contributed by atoms with Crippen molar-refractivity contribution in [3.8, 4) is 5.75 Å². The maximum absolute atomic E-state index is 13.2. The Hall–Kier alpha value is -0.570. The van der Waals surface area contributed by atoms with Crippen molar-refractivity contribution in [2.24, 2.45) is 0 Å². The molecule has 0 saturated carbocycles. The first-order valence-electron chi connectivity index (χ1n) is 3.81. The van der Waals surface area contributed by atoms with Gasteiger partial charge in [-0.25, -0.2) is 4.39 Å². The Labute approximate surface area is 78.7 Å². The molecule has 0 amide bonds. The monoisotopic (exact) mass is 230 g/mol. The van der Waals surface area contributed by atoms with Gasteiger partial charge < -0.3 is 4.74 Å². The number of ether oxygens (including phenoxy) is 1. The highest BCUT2D eigenvalue weighted by atomic mass is 79.9. The average Bonchev–Trinajstić information content (AvgIpc) is 2.29. The Bertz CT molecular complexity index is 325. The molecule has 12 heavy (non-hydrogen) atoms. The minimum atomic E-state index is -0.274. The highest BCUT2D eigenvalue weighted by Crippen LogP contribution is 2.33. The van der Waals surface area contributed by atoms with Gasteiger partial charge >= 0.3 is 0 Å². The number of hydrogen-bond donors (Lipinski definition) is 0. The standard InChI is InChI=1S/C9H8BrFO/c1-5-2-6-3-7(10)4-8(11)9(6)12-5/h3-5H,2H2,1H3. The van der Waals surface area contributed by atoms with Crippen LogP contribution in [0.15, 0.2) is 16.6 Å². The van der Waals surface area contributed by atoms with E-state index in [1.54, 1.807) is 0 Å². The Balaban J connectivity index is 2.52. The minimum Gasteiger partial charge on any atom is -0.487 e. The van der Waals surface area contributed by atoms with E-state index in [0.717, 1.165) is 16.5 Å². The molecule has 0 radical (unpaired) electrons. The molecular formula is C9H8BrFO. The zero-order valence-corrected chi connectivity index (χ0v) is 8.19. The lowest BCUT2D eigenvalue weighted by Crippen LogP contribution is -2.05. The molecule has 0 saturated heterocycles. The second-order valence-corrected chi connectivity index (χ2v) is 3.92. The van der Waals surface area contributed by atoms with E-state index >= 15 is 0 Å². The molecule has 0 bridgehead atoms. The lowest BCUT2D eigenvalue weighted by Gasteiger charge is -2.03. The van der Waals surface area contributed by atoms with Crippen molar-refractivity contribution in [3.63, 3.8) is 0 Å². The van der Waals surface area contributed by atoms with Gasteiger partial charge in [-0.3, -0.25) is 0 Å². The molecule has 64 valence electrons. The third-order valence-corrected chi connectivity index (χ3v) is 2.37. The molecule has 1 nitrogen and oxygen atoms in total. The van der Waals surface area contributed by atoms with Crippen LogP contribution in [0.1, 0.15) is 12.5 Å². The molecule has 1 aliphatic heterocycles. The molecule has 0 aliphatic carbocycles. The summed E-state index contributed by atoms with van der Waals surface area (Å²) in [7, 11) is 0. The highest BCUT2D eigenvalue weighted by Gasteiger charge is 2.22. The first kappa shape index (κ1) is 8.05. The largest absolute Gasteiger partial charge is 0.487 e.